The zero-order valence-corrected chi connectivity index (χ0v) is 87.3. The number of aromatic carboxylic acids is 1. The van der Waals surface area contributed by atoms with Crippen LogP contribution in [-0.2, 0) is 19.5 Å². The van der Waals surface area contributed by atoms with Crippen molar-refractivity contribution in [2.45, 2.75) is 0 Å². The molecular weight excluding hydrogens is 2280 g/mol. The minimum absolute atomic E-state index is 0. The number of H-pyrrole nitrogens is 2. The first-order valence-electron chi connectivity index (χ1n) is 38.1. The van der Waals surface area contributed by atoms with Gasteiger partial charge in [-0.1, -0.05) is 36.4 Å². The van der Waals surface area contributed by atoms with E-state index >= 15 is 0 Å². The van der Waals surface area contributed by atoms with E-state index in [1.54, 1.807) is 12.1 Å². The summed E-state index contributed by atoms with van der Waals surface area (Å²) in [6, 6.07) is 71.3. The number of carboxylic acids is 1. The topological polar surface area (TPSA) is 211 Å². The van der Waals surface area contributed by atoms with Crippen LogP contribution >= 0.6 is 0 Å². The zero-order chi connectivity index (χ0) is 81.7. The Morgan fingerprint density at radius 2 is 0.472 bits per heavy atom. The molecule has 0 amide bonds. The van der Waals surface area contributed by atoms with Crippen LogP contribution in [0.5, 0.6) is 80.5 Å². The number of benzene rings is 11. The molecule has 8 bridgehead atoms. The summed E-state index contributed by atoms with van der Waals surface area (Å²) in [5, 5.41) is 12.2. The minimum Gasteiger partial charge on any atom is -1.00 e. The van der Waals surface area contributed by atoms with Gasteiger partial charge in [-0.3, -0.25) is 26.9 Å². The van der Waals surface area contributed by atoms with Gasteiger partial charge in [-0.15, -0.1) is 0 Å². The first-order valence-corrected chi connectivity index (χ1v) is 38.1. The van der Waals surface area contributed by atoms with Gasteiger partial charge in [-0.2, -0.15) is 0 Å². The van der Waals surface area contributed by atoms with E-state index < -0.39 is 5.97 Å². The second-order valence-corrected chi connectivity index (χ2v) is 34.5. The van der Waals surface area contributed by atoms with Crippen LogP contribution in [-0.4, -0.2) is 178 Å². The van der Waals surface area contributed by atoms with Crippen molar-refractivity contribution >= 4 is 84.2 Å². The number of aromatic nitrogens is 8. The van der Waals surface area contributed by atoms with Crippen molar-refractivity contribution in [2.24, 2.45) is 0 Å². The molecule has 632 valence electrons. The molecular formula is C93H94I6N14O9Zn+2. The van der Waals surface area contributed by atoms with E-state index in [1.807, 2.05) is 164 Å². The molecule has 14 aromatic rings. The van der Waals surface area contributed by atoms with Gasteiger partial charge in [-0.05, 0) is 152 Å². The maximum Gasteiger partial charge on any atom is 2.00 e. The van der Waals surface area contributed by atoms with Crippen molar-refractivity contribution in [3.8, 4) is 126 Å². The Morgan fingerprint density at radius 3 is 0.715 bits per heavy atom. The Morgan fingerprint density at radius 1 is 0.252 bits per heavy atom. The van der Waals surface area contributed by atoms with Crippen LogP contribution in [0.4, 0.5) is 34.1 Å². The summed E-state index contributed by atoms with van der Waals surface area (Å²) in [4.78, 5) is 52.7. The molecule has 0 aliphatic carbocycles. The quantitative estimate of drug-likeness (QED) is 0.0536. The van der Waals surface area contributed by atoms with Crippen LogP contribution in [0, 0.1) is 0 Å². The monoisotopic (exact) mass is 2380 g/mol. The standard InChI is InChI=1S/C93H92N14O9.6HI.Zn/c1-102(2,3)57-25-19-31-64(43-57)111-79-50-73-74(51-80(79)112-65-32-20-26-58(44-65)103(4,5)6)89-97-87(73)95-85-71-42-41-70(110-63-39-37-56(38-40-63)93(108)109)49-72(71)86(94-85)96-88-75-52-81(113-66-33-21-27-59(45-66)104(7,8)9)82(114-67-34-22-28-60(46-67)105(10,11)12)53-76(75)90(98-88)100-92-78-55-84(116-69-36-24-30-62(48-69)107(16,17)18)83(54-77(78)91(99-89)101-92)115-68-35-23-29-61(47-68)106(13,14)15;;;;;;;/h19-55H,1-18H3,(H-2,94,95,96,97,98,99,100,101,108,109);6*1H;/q+4;;;;;;;+2/p-4. The number of quaternary nitrogens is 6. The number of carbonyl (C=O) groups is 1. The molecule has 0 fully saturated rings. The fourth-order valence-electron chi connectivity index (χ4n) is 13.7. The van der Waals surface area contributed by atoms with Crippen LogP contribution in [0.3, 0.4) is 0 Å². The predicted octanol–water partition coefficient (Wildman–Crippen LogP) is 2.32. The Kier molecular flexibility index (Phi) is 30.8. The Labute approximate surface area is 831 Å². The van der Waals surface area contributed by atoms with Gasteiger partial charge >= 0.3 is 25.4 Å². The second kappa shape index (κ2) is 38.4. The Bertz CT molecular complexity index is 6500. The molecule has 30 heteroatoms. The average Bonchev–Trinajstić information content (AvgIpc) is 1.59. The molecule has 3 N–H and O–H groups in total. The van der Waals surface area contributed by atoms with E-state index in [9.17, 15) is 9.90 Å². The van der Waals surface area contributed by atoms with E-state index in [-0.39, 0.29) is 192 Å². The van der Waals surface area contributed by atoms with Crippen LogP contribution in [0.1, 0.15) is 10.4 Å². The third kappa shape index (κ3) is 21.8. The van der Waals surface area contributed by atoms with Crippen LogP contribution in [0.15, 0.2) is 224 Å². The summed E-state index contributed by atoms with van der Waals surface area (Å²) in [6.07, 6.45) is 0. The van der Waals surface area contributed by atoms with Crippen molar-refractivity contribution < 1.29 is 206 Å². The molecule has 0 unspecified atom stereocenters. The van der Waals surface area contributed by atoms with E-state index in [0.29, 0.717) is 174 Å². The number of ether oxygens (including phenoxy) is 7. The second-order valence-electron chi connectivity index (χ2n) is 34.5. The number of rotatable bonds is 21. The van der Waals surface area contributed by atoms with Gasteiger partial charge in [0, 0.05) is 80.2 Å². The Hall–Kier alpha value is -8.39. The van der Waals surface area contributed by atoms with E-state index in [4.69, 9.17) is 63.1 Å². The number of aromatic amines is 2. The molecule has 3 aromatic heterocycles. The SMILES string of the molecule is C[N+](C)(C)c1cccc(Oc2cc3c(cc2Oc2cccc([N+](C)(C)C)c2)-c2nc-3nc3[nH]c(nc4nc(nc5[nH]c(n2)c2cc(Oc6cccc([N+](C)(C)C)c6)c(Oc6cccc([N+](C)(C)C)c6)cc52)-c2cc(Oc5cccc([N+](C)(C)C)c5)c(Oc5cccc([N+](C)(C)C)c5)cc2-4)c2cc(Oc4ccc(C(=O)O)cc4)ccc32)c1.[I-].[I-].[I-].[I-].[I-].[I-].[Zn+2]. The summed E-state index contributed by atoms with van der Waals surface area (Å²) < 4.78 is 52.3. The van der Waals surface area contributed by atoms with E-state index in [0.717, 1.165) is 34.1 Å². The van der Waals surface area contributed by atoms with Crippen molar-refractivity contribution in [3.05, 3.63) is 230 Å². The molecule has 0 spiro atoms. The van der Waals surface area contributed by atoms with Gasteiger partial charge in [0.05, 0.1) is 132 Å². The maximum atomic E-state index is 12.0. The molecule has 123 heavy (non-hydrogen) atoms. The number of nitrogens with zero attached hydrogens (tertiary/aromatic N) is 12. The number of carboxylic acid groups (broad SMARTS) is 1. The molecule has 0 atom stereocenters. The molecule has 0 radical (unpaired) electrons. The van der Waals surface area contributed by atoms with Gasteiger partial charge in [-0.25, -0.2) is 34.7 Å². The van der Waals surface area contributed by atoms with E-state index in [2.05, 4.69) is 173 Å². The molecule has 11 aromatic carbocycles. The number of fused-ring (bicyclic) bond motifs is 20. The summed E-state index contributed by atoms with van der Waals surface area (Å²) in [5.74, 6) is 6.49. The molecule has 2 aliphatic heterocycles. The summed E-state index contributed by atoms with van der Waals surface area (Å²) in [7, 11) is 37.9. The predicted molar refractivity (Wildman–Crippen MR) is 466 cm³/mol. The summed E-state index contributed by atoms with van der Waals surface area (Å²) in [6.45, 7) is 0. The number of halogens is 6. The van der Waals surface area contributed by atoms with Crippen LogP contribution in [0.25, 0.3) is 89.7 Å². The smallest absolute Gasteiger partial charge is 1.00 e. The normalized spacial score (nSPS) is 11.8. The summed E-state index contributed by atoms with van der Waals surface area (Å²) in [5.41, 5.74) is 9.81. The van der Waals surface area contributed by atoms with Crippen molar-refractivity contribution in [2.75, 3.05) is 127 Å². The van der Waals surface area contributed by atoms with Crippen LogP contribution < -0.4 is 204 Å². The zero-order valence-electron chi connectivity index (χ0n) is 71.4. The van der Waals surface area contributed by atoms with Gasteiger partial charge < -0.3 is 192 Å². The van der Waals surface area contributed by atoms with Gasteiger partial charge in [0.25, 0.3) is 0 Å². The van der Waals surface area contributed by atoms with Crippen LogP contribution in [0.2, 0.25) is 0 Å². The Balaban J connectivity index is 0.00000245. The molecule has 5 heterocycles. The minimum atomic E-state index is -1.06. The third-order valence-corrected chi connectivity index (χ3v) is 20.3. The average molecular weight is 2380 g/mol. The number of nitrogens with one attached hydrogen (secondary N) is 2. The maximum absolute atomic E-state index is 12.0. The largest absolute Gasteiger partial charge is 2.00 e. The van der Waals surface area contributed by atoms with Gasteiger partial charge in [0.15, 0.2) is 57.8 Å². The third-order valence-electron chi connectivity index (χ3n) is 20.3. The molecule has 0 saturated heterocycles. The van der Waals surface area contributed by atoms with Crippen molar-refractivity contribution in [3.63, 3.8) is 0 Å². The van der Waals surface area contributed by atoms with Gasteiger partial charge in [0.1, 0.15) is 103 Å². The molecule has 0 saturated carbocycles. The number of hydrogen-bond donors (Lipinski definition) is 3. The first-order chi connectivity index (χ1) is 54.9. The van der Waals surface area contributed by atoms with Crippen molar-refractivity contribution in [1.29, 1.82) is 0 Å². The molecule has 2 aliphatic rings. The fourth-order valence-corrected chi connectivity index (χ4v) is 13.7. The summed E-state index contributed by atoms with van der Waals surface area (Å²) >= 11 is 0. The fraction of sp³-hybridized carbons (Fsp3) is 0.194. The molecule has 16 rings (SSSR count). The first kappa shape index (κ1) is 98.4. The molecule has 23 nitrogen and oxygen atoms in total. The van der Waals surface area contributed by atoms with Crippen molar-refractivity contribution in [1.82, 2.24) is 66.8 Å². The van der Waals surface area contributed by atoms with E-state index in [1.165, 1.54) is 12.1 Å². The van der Waals surface area contributed by atoms with Gasteiger partial charge in [0.2, 0.25) is 0 Å². The number of hydrogen-bond acceptors (Lipinski definition) is 14.